The van der Waals surface area contributed by atoms with Gasteiger partial charge < -0.3 is 5.32 Å². The number of thiophene rings is 1. The van der Waals surface area contributed by atoms with Crippen LogP contribution < -0.4 is 5.32 Å². The number of nitrogens with one attached hydrogen (secondary N) is 1. The highest BCUT2D eigenvalue weighted by Gasteiger charge is 2.08. The molecule has 1 N–H and O–H groups in total. The Hall–Kier alpha value is -0.500. The molecule has 1 rings (SSSR count). The Balaban J connectivity index is 2.35. The van der Waals surface area contributed by atoms with Crippen LogP contribution in [0.4, 0.5) is 0 Å². The zero-order chi connectivity index (χ0) is 12.0. The van der Waals surface area contributed by atoms with E-state index in [1.165, 1.54) is 11.3 Å². The number of rotatable bonds is 6. The number of nitrogens with zero attached hydrogens (tertiary/aromatic N) is 1. The van der Waals surface area contributed by atoms with Crippen molar-refractivity contribution in [1.29, 1.82) is 5.26 Å². The van der Waals surface area contributed by atoms with Crippen molar-refractivity contribution in [2.75, 3.05) is 12.8 Å². The first-order valence-electron chi connectivity index (χ1n) is 5.43. The first-order chi connectivity index (χ1) is 7.67. The van der Waals surface area contributed by atoms with E-state index in [2.05, 4.69) is 31.5 Å². The molecule has 2 atom stereocenters. The molecule has 0 aliphatic heterocycles. The Morgan fingerprint density at radius 2 is 2.25 bits per heavy atom. The van der Waals surface area contributed by atoms with Crippen LogP contribution in [-0.2, 0) is 0 Å². The van der Waals surface area contributed by atoms with Gasteiger partial charge >= 0.3 is 0 Å². The number of hydrogen-bond donors (Lipinski definition) is 1. The Bertz CT molecular complexity index is 354. The van der Waals surface area contributed by atoms with Gasteiger partial charge in [0.25, 0.3) is 0 Å². The number of thioether (sulfide) groups is 1. The van der Waals surface area contributed by atoms with E-state index in [-0.39, 0.29) is 0 Å². The van der Waals surface area contributed by atoms with E-state index in [0.29, 0.717) is 11.3 Å². The van der Waals surface area contributed by atoms with Gasteiger partial charge in [0.05, 0.1) is 0 Å². The van der Waals surface area contributed by atoms with Crippen molar-refractivity contribution in [1.82, 2.24) is 5.32 Å². The monoisotopic (exact) mass is 254 g/mol. The molecule has 4 heteroatoms. The van der Waals surface area contributed by atoms with Crippen LogP contribution in [0.25, 0.3) is 0 Å². The predicted octanol–water partition coefficient (Wildman–Crippen LogP) is 3.41. The molecule has 0 aromatic carbocycles. The molecule has 0 saturated carbocycles. The molecule has 2 nitrogen and oxygen atoms in total. The summed E-state index contributed by atoms with van der Waals surface area (Å²) < 4.78 is 0. The maximum Gasteiger partial charge on any atom is 0.110 e. The lowest BCUT2D eigenvalue weighted by molar-refractivity contribution is 0.564. The second-order valence-corrected chi connectivity index (χ2v) is 6.22. The summed E-state index contributed by atoms with van der Waals surface area (Å²) in [4.78, 5) is 2.04. The van der Waals surface area contributed by atoms with Crippen LogP contribution in [0.2, 0.25) is 0 Å². The van der Waals surface area contributed by atoms with Crippen molar-refractivity contribution in [3.05, 3.63) is 21.9 Å². The molecule has 0 aliphatic rings. The van der Waals surface area contributed by atoms with Gasteiger partial charge in [-0.25, -0.2) is 0 Å². The predicted molar refractivity (Wildman–Crippen MR) is 73.0 cm³/mol. The van der Waals surface area contributed by atoms with Gasteiger partial charge in [-0.2, -0.15) is 17.0 Å². The largest absolute Gasteiger partial charge is 0.309 e. The molecule has 1 heterocycles. The van der Waals surface area contributed by atoms with Gasteiger partial charge in [0.1, 0.15) is 10.9 Å². The van der Waals surface area contributed by atoms with Gasteiger partial charge in [-0.15, -0.1) is 11.3 Å². The SMILES string of the molecule is CSC(C)CCNC(C)c1ccc(C#N)s1. The Morgan fingerprint density at radius 3 is 2.81 bits per heavy atom. The van der Waals surface area contributed by atoms with Crippen LogP contribution in [0.1, 0.15) is 36.1 Å². The molecule has 88 valence electrons. The normalized spacial score (nSPS) is 14.4. The van der Waals surface area contributed by atoms with E-state index in [1.54, 1.807) is 11.3 Å². The van der Waals surface area contributed by atoms with Crippen LogP contribution in [0, 0.1) is 11.3 Å². The topological polar surface area (TPSA) is 35.8 Å². The minimum Gasteiger partial charge on any atom is -0.309 e. The zero-order valence-corrected chi connectivity index (χ0v) is 11.6. The molecular formula is C12H18N2S2. The molecule has 1 aromatic rings. The molecule has 0 fully saturated rings. The summed E-state index contributed by atoms with van der Waals surface area (Å²) in [6.45, 7) is 5.43. The fourth-order valence-corrected chi connectivity index (χ4v) is 2.55. The summed E-state index contributed by atoms with van der Waals surface area (Å²) in [5.41, 5.74) is 0. The second-order valence-electron chi connectivity index (χ2n) is 3.82. The number of hydrogen-bond acceptors (Lipinski definition) is 4. The van der Waals surface area contributed by atoms with E-state index in [9.17, 15) is 0 Å². The maximum absolute atomic E-state index is 8.75. The maximum atomic E-state index is 8.75. The van der Waals surface area contributed by atoms with Crippen LogP contribution in [-0.4, -0.2) is 18.1 Å². The highest BCUT2D eigenvalue weighted by Crippen LogP contribution is 2.22. The van der Waals surface area contributed by atoms with Gasteiger partial charge in [0, 0.05) is 16.2 Å². The van der Waals surface area contributed by atoms with Gasteiger partial charge in [-0.3, -0.25) is 0 Å². The lowest BCUT2D eigenvalue weighted by Gasteiger charge is -2.13. The number of nitriles is 1. The fraction of sp³-hybridized carbons (Fsp3) is 0.583. The van der Waals surface area contributed by atoms with Gasteiger partial charge in [0.15, 0.2) is 0 Å². The van der Waals surface area contributed by atoms with Crippen molar-refractivity contribution >= 4 is 23.1 Å². The molecule has 1 aromatic heterocycles. The third kappa shape index (κ3) is 4.17. The summed E-state index contributed by atoms with van der Waals surface area (Å²) in [5.74, 6) is 0. The van der Waals surface area contributed by atoms with Gasteiger partial charge in [-0.05, 0) is 38.3 Å². The zero-order valence-electron chi connectivity index (χ0n) is 9.99. The quantitative estimate of drug-likeness (QED) is 0.845. The average molecular weight is 254 g/mol. The molecule has 2 unspecified atom stereocenters. The molecule has 16 heavy (non-hydrogen) atoms. The lowest BCUT2D eigenvalue weighted by Crippen LogP contribution is -2.21. The van der Waals surface area contributed by atoms with Crippen molar-refractivity contribution in [3.8, 4) is 6.07 Å². The van der Waals surface area contributed by atoms with Crippen LogP contribution >= 0.6 is 23.1 Å². The van der Waals surface area contributed by atoms with Crippen molar-refractivity contribution in [3.63, 3.8) is 0 Å². The van der Waals surface area contributed by atoms with E-state index >= 15 is 0 Å². The molecule has 0 amide bonds. The van der Waals surface area contributed by atoms with E-state index in [0.717, 1.165) is 11.4 Å². The van der Waals surface area contributed by atoms with Crippen LogP contribution in [0.15, 0.2) is 12.1 Å². The molecule has 0 radical (unpaired) electrons. The van der Waals surface area contributed by atoms with Crippen molar-refractivity contribution in [2.45, 2.75) is 31.6 Å². The summed E-state index contributed by atoms with van der Waals surface area (Å²) >= 11 is 3.48. The fourth-order valence-electron chi connectivity index (χ4n) is 1.37. The molecule has 0 saturated heterocycles. The Labute approximate surface area is 106 Å². The molecular weight excluding hydrogens is 236 g/mol. The summed E-state index contributed by atoms with van der Waals surface area (Å²) in [6, 6.07) is 6.45. The van der Waals surface area contributed by atoms with Crippen LogP contribution in [0.5, 0.6) is 0 Å². The summed E-state index contributed by atoms with van der Waals surface area (Å²) in [7, 11) is 0. The first-order valence-corrected chi connectivity index (χ1v) is 7.53. The average Bonchev–Trinajstić information content (AvgIpc) is 2.77. The van der Waals surface area contributed by atoms with E-state index in [4.69, 9.17) is 5.26 Å². The standard InChI is InChI=1S/C12H18N2S2/c1-9(15-3)6-7-14-10(2)12-5-4-11(8-13)16-12/h4-5,9-10,14H,6-7H2,1-3H3. The highest BCUT2D eigenvalue weighted by atomic mass is 32.2. The second kappa shape index (κ2) is 6.95. The van der Waals surface area contributed by atoms with Crippen molar-refractivity contribution in [2.24, 2.45) is 0 Å². The molecule has 0 bridgehead atoms. The molecule has 0 spiro atoms. The first kappa shape index (κ1) is 13.6. The van der Waals surface area contributed by atoms with E-state index < -0.39 is 0 Å². The van der Waals surface area contributed by atoms with Crippen LogP contribution in [0.3, 0.4) is 0 Å². The van der Waals surface area contributed by atoms with Gasteiger partial charge in [-0.1, -0.05) is 6.92 Å². The molecule has 0 aliphatic carbocycles. The van der Waals surface area contributed by atoms with Gasteiger partial charge in [0.2, 0.25) is 0 Å². The van der Waals surface area contributed by atoms with Crippen molar-refractivity contribution < 1.29 is 0 Å². The minimum absolute atomic E-state index is 0.348. The third-order valence-corrected chi connectivity index (χ3v) is 4.78. The van der Waals surface area contributed by atoms with E-state index in [1.807, 2.05) is 23.9 Å². The Morgan fingerprint density at radius 1 is 1.50 bits per heavy atom. The minimum atomic E-state index is 0.348. The Kier molecular flexibility index (Phi) is 5.89. The lowest BCUT2D eigenvalue weighted by atomic mass is 10.2. The summed E-state index contributed by atoms with van der Waals surface area (Å²) in [6.07, 6.45) is 3.33. The smallest absolute Gasteiger partial charge is 0.110 e. The highest BCUT2D eigenvalue weighted by molar-refractivity contribution is 7.99. The summed E-state index contributed by atoms with van der Waals surface area (Å²) in [5, 5.41) is 12.9. The third-order valence-electron chi connectivity index (χ3n) is 2.57.